The van der Waals surface area contributed by atoms with E-state index in [0.717, 1.165) is 44.7 Å². The molecule has 0 saturated carbocycles. The van der Waals surface area contributed by atoms with Gasteiger partial charge in [0.1, 0.15) is 16.7 Å². The van der Waals surface area contributed by atoms with Gasteiger partial charge >= 0.3 is 0 Å². The first-order valence-corrected chi connectivity index (χ1v) is 9.01. The molecule has 6 heterocycles. The molecule has 6 rings (SSSR count). The lowest BCUT2D eigenvalue weighted by molar-refractivity contribution is 0.568. The molecule has 0 bridgehead atoms. The molecular weight excluding hydrogens is 366 g/mol. The Bertz CT molecular complexity index is 1450. The summed E-state index contributed by atoms with van der Waals surface area (Å²) in [6.07, 6.45) is 6.77. The van der Waals surface area contributed by atoms with Gasteiger partial charge in [-0.2, -0.15) is 5.10 Å². The minimum Gasteiger partial charge on any atom is -0.472 e. The van der Waals surface area contributed by atoms with Crippen LogP contribution in [0.4, 0.5) is 0 Å². The molecule has 6 aromatic rings. The number of nitrogens with zero attached hydrogens (tertiary/aromatic N) is 5. The van der Waals surface area contributed by atoms with Gasteiger partial charge < -0.3 is 9.40 Å². The molecule has 8 nitrogen and oxygen atoms in total. The zero-order valence-corrected chi connectivity index (χ0v) is 15.0. The van der Waals surface area contributed by atoms with Crippen molar-refractivity contribution < 1.29 is 4.42 Å². The Morgan fingerprint density at radius 3 is 2.59 bits per heavy atom. The van der Waals surface area contributed by atoms with Crippen molar-refractivity contribution in [2.45, 2.75) is 0 Å². The van der Waals surface area contributed by atoms with E-state index >= 15 is 0 Å². The molecule has 0 radical (unpaired) electrons. The average Bonchev–Trinajstić information content (AvgIpc) is 3.52. The lowest BCUT2D eigenvalue weighted by Crippen LogP contribution is -1.88. The number of furan rings is 1. The number of imidazole rings is 1. The van der Waals surface area contributed by atoms with E-state index in [1.807, 2.05) is 42.5 Å². The molecule has 0 spiro atoms. The van der Waals surface area contributed by atoms with Crippen molar-refractivity contribution in [3.8, 4) is 34.2 Å². The van der Waals surface area contributed by atoms with Crippen LogP contribution in [0.25, 0.3) is 56.2 Å². The lowest BCUT2D eigenvalue weighted by Gasteiger charge is -2.00. The van der Waals surface area contributed by atoms with Crippen molar-refractivity contribution in [2.75, 3.05) is 0 Å². The van der Waals surface area contributed by atoms with Gasteiger partial charge in [0.15, 0.2) is 11.5 Å². The zero-order valence-electron chi connectivity index (χ0n) is 15.0. The van der Waals surface area contributed by atoms with Gasteiger partial charge in [0.2, 0.25) is 0 Å². The maximum atomic E-state index is 5.20. The molecular formula is C21H13N7O. The molecule has 0 saturated heterocycles. The standard InChI is InChI=1S/C21H13N7O/c1-2-8-22-13(3-1)14-4-5-16-19(24-14)20(28-27-16)21-25-15-6-9-23-17(18(15)26-21)12-7-10-29-11-12/h1-11H,(H,25,26)(H,27,28). The highest BCUT2D eigenvalue weighted by Gasteiger charge is 2.17. The molecule has 6 aromatic heterocycles. The number of rotatable bonds is 3. The average molecular weight is 379 g/mol. The Kier molecular flexibility index (Phi) is 3.30. The third-order valence-electron chi connectivity index (χ3n) is 4.75. The highest BCUT2D eigenvalue weighted by Crippen LogP contribution is 2.30. The largest absolute Gasteiger partial charge is 0.472 e. The van der Waals surface area contributed by atoms with E-state index in [1.54, 1.807) is 24.9 Å². The number of aromatic amines is 2. The highest BCUT2D eigenvalue weighted by molar-refractivity contribution is 5.94. The lowest BCUT2D eigenvalue weighted by atomic mass is 10.2. The second-order valence-corrected chi connectivity index (χ2v) is 6.53. The van der Waals surface area contributed by atoms with Crippen LogP contribution in [0.2, 0.25) is 0 Å². The molecule has 0 unspecified atom stereocenters. The molecule has 0 amide bonds. The van der Waals surface area contributed by atoms with Gasteiger partial charge in [0.25, 0.3) is 0 Å². The van der Waals surface area contributed by atoms with Gasteiger partial charge in [0.05, 0.1) is 34.9 Å². The van der Waals surface area contributed by atoms with Gasteiger partial charge in [-0.25, -0.2) is 9.97 Å². The Morgan fingerprint density at radius 2 is 1.72 bits per heavy atom. The number of H-pyrrole nitrogens is 2. The SMILES string of the molecule is c1ccc(-c2ccc3[nH]nc(-c4nc5c(-c6ccoc6)nccc5[nH]4)c3n2)nc1. The number of hydrogen-bond donors (Lipinski definition) is 2. The summed E-state index contributed by atoms with van der Waals surface area (Å²) in [4.78, 5) is 21.7. The first-order valence-electron chi connectivity index (χ1n) is 9.01. The van der Waals surface area contributed by atoms with Crippen molar-refractivity contribution in [1.29, 1.82) is 0 Å². The van der Waals surface area contributed by atoms with E-state index in [9.17, 15) is 0 Å². The fourth-order valence-electron chi connectivity index (χ4n) is 3.38. The third kappa shape index (κ3) is 2.50. The fraction of sp³-hybridized carbons (Fsp3) is 0. The normalized spacial score (nSPS) is 11.4. The summed E-state index contributed by atoms with van der Waals surface area (Å²) in [5.74, 6) is 0.620. The van der Waals surface area contributed by atoms with Crippen LogP contribution in [0.1, 0.15) is 0 Å². The van der Waals surface area contributed by atoms with Gasteiger partial charge in [0, 0.05) is 18.0 Å². The van der Waals surface area contributed by atoms with E-state index < -0.39 is 0 Å². The summed E-state index contributed by atoms with van der Waals surface area (Å²) in [6.45, 7) is 0. The Labute approximate surface area is 163 Å². The number of nitrogens with one attached hydrogen (secondary N) is 2. The Hall–Kier alpha value is -4.33. The van der Waals surface area contributed by atoms with Gasteiger partial charge in [-0.15, -0.1) is 0 Å². The monoisotopic (exact) mass is 379 g/mol. The highest BCUT2D eigenvalue weighted by atomic mass is 16.3. The van der Waals surface area contributed by atoms with Crippen molar-refractivity contribution in [1.82, 2.24) is 35.1 Å². The fourth-order valence-corrected chi connectivity index (χ4v) is 3.38. The van der Waals surface area contributed by atoms with Gasteiger partial charge in [-0.3, -0.25) is 15.1 Å². The number of pyridine rings is 3. The van der Waals surface area contributed by atoms with Crippen LogP contribution in [0.15, 0.2) is 71.8 Å². The third-order valence-corrected chi connectivity index (χ3v) is 4.75. The van der Waals surface area contributed by atoms with Crippen molar-refractivity contribution in [3.05, 3.63) is 67.4 Å². The molecule has 2 N–H and O–H groups in total. The molecule has 0 atom stereocenters. The summed E-state index contributed by atoms with van der Waals surface area (Å²) < 4.78 is 5.20. The van der Waals surface area contributed by atoms with Crippen molar-refractivity contribution >= 4 is 22.1 Å². The zero-order chi connectivity index (χ0) is 19.2. The molecule has 0 aromatic carbocycles. The van der Waals surface area contributed by atoms with Crippen LogP contribution in [-0.2, 0) is 0 Å². The maximum absolute atomic E-state index is 5.20. The smallest absolute Gasteiger partial charge is 0.161 e. The Balaban J connectivity index is 1.53. The second-order valence-electron chi connectivity index (χ2n) is 6.53. The predicted octanol–water partition coefficient (Wildman–Crippen LogP) is 4.22. The number of fused-ring (bicyclic) bond motifs is 2. The van der Waals surface area contributed by atoms with Gasteiger partial charge in [-0.1, -0.05) is 6.07 Å². The predicted molar refractivity (Wildman–Crippen MR) is 108 cm³/mol. The van der Waals surface area contributed by atoms with Crippen molar-refractivity contribution in [3.63, 3.8) is 0 Å². The minimum absolute atomic E-state index is 0.620. The van der Waals surface area contributed by atoms with Crippen LogP contribution >= 0.6 is 0 Å². The molecule has 8 heteroatoms. The topological polar surface area (TPSA) is 109 Å². The first-order chi connectivity index (χ1) is 14.4. The molecule has 0 aliphatic rings. The molecule has 0 aliphatic carbocycles. The van der Waals surface area contributed by atoms with Gasteiger partial charge in [-0.05, 0) is 36.4 Å². The summed E-state index contributed by atoms with van der Waals surface area (Å²) in [5.41, 5.74) is 7.02. The quantitative estimate of drug-likeness (QED) is 0.476. The van der Waals surface area contributed by atoms with Crippen LogP contribution < -0.4 is 0 Å². The maximum Gasteiger partial charge on any atom is 0.161 e. The first kappa shape index (κ1) is 15.7. The molecule has 0 fully saturated rings. The molecule has 29 heavy (non-hydrogen) atoms. The summed E-state index contributed by atoms with van der Waals surface area (Å²) in [7, 11) is 0. The minimum atomic E-state index is 0.620. The molecule has 138 valence electrons. The summed E-state index contributed by atoms with van der Waals surface area (Å²) >= 11 is 0. The van der Waals surface area contributed by atoms with Crippen LogP contribution in [0, 0.1) is 0 Å². The van der Waals surface area contributed by atoms with E-state index in [-0.39, 0.29) is 0 Å². The van der Waals surface area contributed by atoms with Crippen molar-refractivity contribution in [2.24, 2.45) is 0 Å². The van der Waals surface area contributed by atoms with E-state index in [2.05, 4.69) is 25.1 Å². The molecule has 0 aliphatic heterocycles. The van der Waals surface area contributed by atoms with E-state index in [0.29, 0.717) is 11.5 Å². The van der Waals surface area contributed by atoms with E-state index in [4.69, 9.17) is 14.4 Å². The Morgan fingerprint density at radius 1 is 0.759 bits per heavy atom. The van der Waals surface area contributed by atoms with Crippen LogP contribution in [-0.4, -0.2) is 35.1 Å². The van der Waals surface area contributed by atoms with Crippen LogP contribution in [0.3, 0.4) is 0 Å². The van der Waals surface area contributed by atoms with E-state index in [1.165, 1.54) is 0 Å². The van der Waals surface area contributed by atoms with Crippen LogP contribution in [0.5, 0.6) is 0 Å². The summed E-state index contributed by atoms with van der Waals surface area (Å²) in [5, 5.41) is 7.48. The second kappa shape index (κ2) is 6.10. The number of hydrogen-bond acceptors (Lipinski definition) is 6. The summed E-state index contributed by atoms with van der Waals surface area (Å²) in [6, 6.07) is 13.4. The number of aromatic nitrogens is 7.